The highest BCUT2D eigenvalue weighted by Crippen LogP contribution is 1.99. The summed E-state index contributed by atoms with van der Waals surface area (Å²) in [7, 11) is 0. The maximum Gasteiger partial charge on any atom is 0.244 e. The molecule has 0 aromatic rings. The molecule has 4 nitrogen and oxygen atoms in total. The van der Waals surface area contributed by atoms with Crippen molar-refractivity contribution in [2.24, 2.45) is 0 Å². The molecule has 0 fully saturated rings. The van der Waals surface area contributed by atoms with Gasteiger partial charge in [0, 0.05) is 23.2 Å². The lowest BCUT2D eigenvalue weighted by molar-refractivity contribution is -0.120. The van der Waals surface area contributed by atoms with E-state index in [-0.39, 0.29) is 22.9 Å². The minimum Gasteiger partial charge on any atom is -0.348 e. The van der Waals surface area contributed by atoms with Gasteiger partial charge >= 0.3 is 0 Å². The second kappa shape index (κ2) is 5.14. The van der Waals surface area contributed by atoms with Gasteiger partial charge in [0.15, 0.2) is 0 Å². The molecule has 0 spiro atoms. The van der Waals surface area contributed by atoms with E-state index in [4.69, 9.17) is 0 Å². The molecule has 92 valence electrons. The molecular formula is C12H22N2O2. The summed E-state index contributed by atoms with van der Waals surface area (Å²) in [6, 6.07) is 0. The van der Waals surface area contributed by atoms with Crippen LogP contribution >= 0.6 is 0 Å². The van der Waals surface area contributed by atoms with Gasteiger partial charge in [-0.25, -0.2) is 0 Å². The first kappa shape index (κ1) is 14.7. The SMILES string of the molecule is CC(C)(C)NC(=O)C=CC(=O)NC(C)(C)C. The van der Waals surface area contributed by atoms with Crippen molar-refractivity contribution in [2.75, 3.05) is 0 Å². The molecular weight excluding hydrogens is 204 g/mol. The number of rotatable bonds is 2. The van der Waals surface area contributed by atoms with Crippen molar-refractivity contribution in [1.82, 2.24) is 10.6 Å². The van der Waals surface area contributed by atoms with Crippen LogP contribution in [0.3, 0.4) is 0 Å². The maximum absolute atomic E-state index is 11.4. The van der Waals surface area contributed by atoms with Crippen LogP contribution in [-0.4, -0.2) is 22.9 Å². The molecule has 16 heavy (non-hydrogen) atoms. The molecule has 0 atom stereocenters. The zero-order valence-electron chi connectivity index (χ0n) is 11.0. The average Bonchev–Trinajstić information content (AvgIpc) is 1.94. The van der Waals surface area contributed by atoms with Gasteiger partial charge in [0.1, 0.15) is 0 Å². The molecule has 0 rings (SSSR count). The fraction of sp³-hybridized carbons (Fsp3) is 0.667. The van der Waals surface area contributed by atoms with Crippen LogP contribution in [0.4, 0.5) is 0 Å². The van der Waals surface area contributed by atoms with Crippen molar-refractivity contribution in [3.63, 3.8) is 0 Å². The summed E-state index contributed by atoms with van der Waals surface area (Å²) < 4.78 is 0. The Balaban J connectivity index is 4.20. The molecule has 0 aromatic heterocycles. The number of amides is 2. The normalized spacial score (nSPS) is 12.6. The molecule has 0 aromatic carbocycles. The second-order valence-electron chi connectivity index (χ2n) is 5.81. The first-order chi connectivity index (χ1) is 6.99. The highest BCUT2D eigenvalue weighted by atomic mass is 16.2. The van der Waals surface area contributed by atoms with Crippen molar-refractivity contribution in [3.8, 4) is 0 Å². The van der Waals surface area contributed by atoms with E-state index in [9.17, 15) is 9.59 Å². The van der Waals surface area contributed by atoms with Gasteiger partial charge in [0.05, 0.1) is 0 Å². The Morgan fingerprint density at radius 1 is 0.750 bits per heavy atom. The van der Waals surface area contributed by atoms with E-state index in [1.165, 1.54) is 12.2 Å². The molecule has 0 aliphatic rings. The van der Waals surface area contributed by atoms with E-state index in [0.29, 0.717) is 0 Å². The Hall–Kier alpha value is -1.32. The minimum absolute atomic E-state index is 0.267. The van der Waals surface area contributed by atoms with Crippen molar-refractivity contribution < 1.29 is 9.59 Å². The van der Waals surface area contributed by atoms with E-state index >= 15 is 0 Å². The fourth-order valence-electron chi connectivity index (χ4n) is 0.974. The quantitative estimate of drug-likeness (QED) is 0.699. The summed E-state index contributed by atoms with van der Waals surface area (Å²) in [4.78, 5) is 22.7. The molecule has 0 heterocycles. The molecule has 0 aliphatic heterocycles. The van der Waals surface area contributed by atoms with Gasteiger partial charge in [-0.3, -0.25) is 9.59 Å². The zero-order valence-corrected chi connectivity index (χ0v) is 11.0. The largest absolute Gasteiger partial charge is 0.348 e. The van der Waals surface area contributed by atoms with Crippen molar-refractivity contribution >= 4 is 11.8 Å². The van der Waals surface area contributed by atoms with E-state index < -0.39 is 0 Å². The maximum atomic E-state index is 11.4. The monoisotopic (exact) mass is 226 g/mol. The molecule has 0 radical (unpaired) electrons. The van der Waals surface area contributed by atoms with Crippen LogP contribution in [-0.2, 0) is 9.59 Å². The van der Waals surface area contributed by atoms with Crippen LogP contribution in [0, 0.1) is 0 Å². The lowest BCUT2D eigenvalue weighted by Gasteiger charge is -2.20. The standard InChI is InChI=1S/C12H22N2O2/c1-11(2,3)13-9(15)7-8-10(16)14-12(4,5)6/h7-8H,1-6H3,(H,13,15)(H,14,16). The average molecular weight is 226 g/mol. The number of nitrogens with one attached hydrogen (secondary N) is 2. The number of hydrogen-bond donors (Lipinski definition) is 2. The minimum atomic E-state index is -0.290. The number of hydrogen-bond acceptors (Lipinski definition) is 2. The lowest BCUT2D eigenvalue weighted by Crippen LogP contribution is -2.41. The topological polar surface area (TPSA) is 58.2 Å². The number of carbonyl (C=O) groups is 2. The summed E-state index contributed by atoms with van der Waals surface area (Å²) in [5.41, 5.74) is -0.580. The van der Waals surface area contributed by atoms with Gasteiger partial charge in [0.2, 0.25) is 11.8 Å². The van der Waals surface area contributed by atoms with Crippen LogP contribution in [0.15, 0.2) is 12.2 Å². The summed E-state index contributed by atoms with van der Waals surface area (Å²) in [6.07, 6.45) is 2.48. The summed E-state index contributed by atoms with van der Waals surface area (Å²) >= 11 is 0. The third kappa shape index (κ3) is 9.24. The molecule has 4 heteroatoms. The molecule has 2 N–H and O–H groups in total. The van der Waals surface area contributed by atoms with Crippen molar-refractivity contribution in [2.45, 2.75) is 52.6 Å². The van der Waals surface area contributed by atoms with E-state index in [0.717, 1.165) is 0 Å². The second-order valence-corrected chi connectivity index (χ2v) is 5.81. The van der Waals surface area contributed by atoms with Crippen LogP contribution in [0.1, 0.15) is 41.5 Å². The highest BCUT2D eigenvalue weighted by molar-refractivity contribution is 5.97. The third-order valence-corrected chi connectivity index (χ3v) is 1.38. The Bertz CT molecular complexity index is 263. The molecule has 0 aliphatic carbocycles. The Morgan fingerprint density at radius 2 is 1.00 bits per heavy atom. The van der Waals surface area contributed by atoms with Crippen LogP contribution in [0.25, 0.3) is 0 Å². The van der Waals surface area contributed by atoms with Crippen LogP contribution in [0.2, 0.25) is 0 Å². The first-order valence-electron chi connectivity index (χ1n) is 5.32. The van der Waals surface area contributed by atoms with Crippen molar-refractivity contribution in [3.05, 3.63) is 12.2 Å². The predicted molar refractivity (Wildman–Crippen MR) is 64.9 cm³/mol. The van der Waals surface area contributed by atoms with Gasteiger partial charge in [-0.15, -0.1) is 0 Å². The first-order valence-corrected chi connectivity index (χ1v) is 5.32. The summed E-state index contributed by atoms with van der Waals surface area (Å²) in [5.74, 6) is -0.534. The van der Waals surface area contributed by atoms with Gasteiger partial charge in [-0.1, -0.05) is 0 Å². The van der Waals surface area contributed by atoms with Gasteiger partial charge < -0.3 is 10.6 Å². The smallest absolute Gasteiger partial charge is 0.244 e. The zero-order chi connectivity index (χ0) is 13.0. The van der Waals surface area contributed by atoms with Gasteiger partial charge in [0.25, 0.3) is 0 Å². The molecule has 0 bridgehead atoms. The van der Waals surface area contributed by atoms with Crippen LogP contribution < -0.4 is 10.6 Å². The molecule has 2 amide bonds. The van der Waals surface area contributed by atoms with E-state index in [1.807, 2.05) is 41.5 Å². The van der Waals surface area contributed by atoms with Crippen LogP contribution in [0.5, 0.6) is 0 Å². The van der Waals surface area contributed by atoms with Gasteiger partial charge in [-0.2, -0.15) is 0 Å². The van der Waals surface area contributed by atoms with Gasteiger partial charge in [-0.05, 0) is 41.5 Å². The van der Waals surface area contributed by atoms with Crippen molar-refractivity contribution in [1.29, 1.82) is 0 Å². The highest BCUT2D eigenvalue weighted by Gasteiger charge is 2.13. The van der Waals surface area contributed by atoms with E-state index in [1.54, 1.807) is 0 Å². The predicted octanol–water partition coefficient (Wildman–Crippen LogP) is 1.37. The molecule has 0 saturated carbocycles. The van der Waals surface area contributed by atoms with E-state index in [2.05, 4.69) is 10.6 Å². The Kier molecular flexibility index (Phi) is 4.72. The molecule has 0 saturated heterocycles. The lowest BCUT2D eigenvalue weighted by atomic mass is 10.1. The molecule has 0 unspecified atom stereocenters. The number of carbonyl (C=O) groups excluding carboxylic acids is 2. The summed E-state index contributed by atoms with van der Waals surface area (Å²) in [5, 5.41) is 5.46. The summed E-state index contributed by atoms with van der Waals surface area (Å²) in [6.45, 7) is 11.3. The Labute approximate surface area is 97.5 Å². The Morgan fingerprint density at radius 3 is 1.19 bits per heavy atom. The fourth-order valence-corrected chi connectivity index (χ4v) is 0.974. The third-order valence-electron chi connectivity index (χ3n) is 1.38.